The van der Waals surface area contributed by atoms with E-state index in [1.807, 2.05) is 16.7 Å². The van der Waals surface area contributed by atoms with Crippen LogP contribution in [0.3, 0.4) is 0 Å². The molecule has 2 atom stereocenters. The maximum absolute atomic E-state index is 12.8. The van der Waals surface area contributed by atoms with Crippen molar-refractivity contribution in [1.29, 1.82) is 0 Å². The number of carbonyl (C=O) groups excluding carboxylic acids is 2. The first-order chi connectivity index (χ1) is 10.3. The van der Waals surface area contributed by atoms with Crippen molar-refractivity contribution in [3.8, 4) is 0 Å². The molecule has 2 fully saturated rings. The molecule has 0 aromatic heterocycles. The molecule has 2 saturated heterocycles. The lowest BCUT2D eigenvalue weighted by Gasteiger charge is -2.44. The van der Waals surface area contributed by atoms with Crippen molar-refractivity contribution in [3.05, 3.63) is 0 Å². The molecule has 0 bridgehead atoms. The van der Waals surface area contributed by atoms with Crippen molar-refractivity contribution in [1.82, 2.24) is 9.80 Å². The van der Waals surface area contributed by atoms with Gasteiger partial charge < -0.3 is 15.5 Å². The van der Waals surface area contributed by atoms with Gasteiger partial charge in [0.1, 0.15) is 0 Å². The second-order valence-corrected chi connectivity index (χ2v) is 7.57. The minimum Gasteiger partial charge on any atom is -0.342 e. The molecule has 2 aliphatic rings. The average molecular weight is 346 g/mol. The van der Waals surface area contributed by atoms with Gasteiger partial charge in [-0.2, -0.15) is 0 Å². The van der Waals surface area contributed by atoms with Crippen LogP contribution < -0.4 is 5.73 Å². The van der Waals surface area contributed by atoms with E-state index in [0.717, 1.165) is 45.3 Å². The van der Waals surface area contributed by atoms with Crippen LogP contribution in [-0.2, 0) is 9.59 Å². The van der Waals surface area contributed by atoms with E-state index in [-0.39, 0.29) is 41.6 Å². The predicted octanol–water partition coefficient (Wildman–Crippen LogP) is 2.03. The van der Waals surface area contributed by atoms with Crippen molar-refractivity contribution < 1.29 is 9.59 Å². The number of rotatable bonds is 3. The molecule has 2 amide bonds. The van der Waals surface area contributed by atoms with Crippen LogP contribution in [0, 0.1) is 11.3 Å². The third-order valence-corrected chi connectivity index (χ3v) is 5.21. The number of hydrogen-bond acceptors (Lipinski definition) is 3. The molecule has 2 unspecified atom stereocenters. The molecule has 6 heteroatoms. The molecule has 5 nitrogen and oxygen atoms in total. The van der Waals surface area contributed by atoms with E-state index in [0.29, 0.717) is 13.0 Å². The fourth-order valence-electron chi connectivity index (χ4n) is 3.60. The van der Waals surface area contributed by atoms with E-state index in [2.05, 4.69) is 13.8 Å². The van der Waals surface area contributed by atoms with Crippen molar-refractivity contribution >= 4 is 24.2 Å². The summed E-state index contributed by atoms with van der Waals surface area (Å²) in [7, 11) is 0. The summed E-state index contributed by atoms with van der Waals surface area (Å²) in [5.74, 6) is 0.384. The lowest BCUT2D eigenvalue weighted by molar-refractivity contribution is -0.143. The minimum absolute atomic E-state index is 0. The molecule has 2 heterocycles. The summed E-state index contributed by atoms with van der Waals surface area (Å²) in [6.45, 7) is 9.17. The zero-order valence-corrected chi connectivity index (χ0v) is 15.5. The highest BCUT2D eigenvalue weighted by Gasteiger charge is 2.38. The largest absolute Gasteiger partial charge is 0.342 e. The molecule has 0 radical (unpaired) electrons. The first-order valence-electron chi connectivity index (χ1n) is 8.67. The molecule has 0 aliphatic carbocycles. The van der Waals surface area contributed by atoms with Crippen LogP contribution in [-0.4, -0.2) is 53.8 Å². The van der Waals surface area contributed by atoms with E-state index in [9.17, 15) is 9.59 Å². The van der Waals surface area contributed by atoms with E-state index < -0.39 is 0 Å². The van der Waals surface area contributed by atoms with E-state index in [1.54, 1.807) is 0 Å². The van der Waals surface area contributed by atoms with Crippen LogP contribution in [0.5, 0.6) is 0 Å². The summed E-state index contributed by atoms with van der Waals surface area (Å²) in [5.41, 5.74) is 6.13. The maximum Gasteiger partial charge on any atom is 0.227 e. The molecular weight excluding hydrogens is 314 g/mol. The highest BCUT2D eigenvalue weighted by Crippen LogP contribution is 2.30. The Labute approximate surface area is 146 Å². The molecule has 0 aromatic carbocycles. The first-order valence-corrected chi connectivity index (χ1v) is 8.67. The van der Waals surface area contributed by atoms with Gasteiger partial charge >= 0.3 is 0 Å². The van der Waals surface area contributed by atoms with Crippen molar-refractivity contribution in [2.45, 2.75) is 58.9 Å². The first kappa shape index (κ1) is 20.2. The number of piperidine rings is 2. The summed E-state index contributed by atoms with van der Waals surface area (Å²) in [5, 5.41) is 0. The Morgan fingerprint density at radius 2 is 1.87 bits per heavy atom. The summed E-state index contributed by atoms with van der Waals surface area (Å²) < 4.78 is 0. The number of nitrogens with zero attached hydrogens (tertiary/aromatic N) is 2. The molecule has 0 saturated carbocycles. The Balaban J connectivity index is 0.00000264. The van der Waals surface area contributed by atoms with Crippen LogP contribution in [0.15, 0.2) is 0 Å². The quantitative estimate of drug-likeness (QED) is 0.851. The standard InChI is InChI=1S/C17H31N3O2.ClH/c1-4-6-15(21)19-9-5-7-13(11-19)16(22)20-10-8-14(18)17(2,3)12-20;/h13-14H,4-12,18H2,1-3H3;1H. The molecule has 2 aliphatic heterocycles. The molecule has 2 N–H and O–H groups in total. The Kier molecular flexibility index (Phi) is 7.33. The van der Waals surface area contributed by atoms with Crippen molar-refractivity contribution in [2.24, 2.45) is 17.1 Å². The minimum atomic E-state index is -0.0281. The van der Waals surface area contributed by atoms with E-state index in [1.165, 1.54) is 0 Å². The van der Waals surface area contributed by atoms with Crippen LogP contribution in [0.2, 0.25) is 0 Å². The monoisotopic (exact) mass is 345 g/mol. The highest BCUT2D eigenvalue weighted by molar-refractivity contribution is 5.85. The summed E-state index contributed by atoms with van der Waals surface area (Å²) >= 11 is 0. The number of halogens is 1. The number of carbonyl (C=O) groups is 2. The van der Waals surface area contributed by atoms with E-state index in [4.69, 9.17) is 5.73 Å². The molecule has 0 spiro atoms. The number of hydrogen-bond donors (Lipinski definition) is 1. The van der Waals surface area contributed by atoms with Gasteiger partial charge in [0.25, 0.3) is 0 Å². The lowest BCUT2D eigenvalue weighted by atomic mass is 9.79. The molecule has 23 heavy (non-hydrogen) atoms. The Morgan fingerprint density at radius 3 is 2.48 bits per heavy atom. The molecule has 0 aromatic rings. The van der Waals surface area contributed by atoms with Gasteiger partial charge in [0.2, 0.25) is 11.8 Å². The van der Waals surface area contributed by atoms with Crippen LogP contribution in [0.4, 0.5) is 0 Å². The summed E-state index contributed by atoms with van der Waals surface area (Å²) in [6.07, 6.45) is 4.16. The SMILES string of the molecule is CCCC(=O)N1CCCC(C(=O)N2CCC(N)C(C)(C)C2)C1.Cl. The Bertz CT molecular complexity index is 428. The Morgan fingerprint density at radius 1 is 1.17 bits per heavy atom. The van der Waals surface area contributed by atoms with Gasteiger partial charge in [0.15, 0.2) is 0 Å². The van der Waals surface area contributed by atoms with Gasteiger partial charge in [-0.05, 0) is 31.1 Å². The predicted molar refractivity (Wildman–Crippen MR) is 94.4 cm³/mol. The van der Waals surface area contributed by atoms with Gasteiger partial charge in [0, 0.05) is 38.6 Å². The zero-order valence-electron chi connectivity index (χ0n) is 14.7. The molecule has 134 valence electrons. The van der Waals surface area contributed by atoms with Crippen LogP contribution >= 0.6 is 12.4 Å². The van der Waals surface area contributed by atoms with Crippen LogP contribution in [0.25, 0.3) is 0 Å². The Hall–Kier alpha value is -0.810. The van der Waals surface area contributed by atoms with Crippen molar-refractivity contribution in [3.63, 3.8) is 0 Å². The second-order valence-electron chi connectivity index (χ2n) is 7.57. The normalized spacial score (nSPS) is 27.3. The zero-order chi connectivity index (χ0) is 16.3. The van der Waals surface area contributed by atoms with Gasteiger partial charge in [-0.25, -0.2) is 0 Å². The fourth-order valence-corrected chi connectivity index (χ4v) is 3.60. The highest BCUT2D eigenvalue weighted by atomic mass is 35.5. The topological polar surface area (TPSA) is 66.6 Å². The fraction of sp³-hybridized carbons (Fsp3) is 0.882. The van der Waals surface area contributed by atoms with E-state index >= 15 is 0 Å². The lowest BCUT2D eigenvalue weighted by Crippen LogP contribution is -2.56. The molecular formula is C17H32ClN3O2. The second kappa shape index (κ2) is 8.34. The van der Waals surface area contributed by atoms with Gasteiger partial charge in [0.05, 0.1) is 5.92 Å². The van der Waals surface area contributed by atoms with Crippen LogP contribution in [0.1, 0.15) is 52.9 Å². The third kappa shape index (κ3) is 4.83. The smallest absolute Gasteiger partial charge is 0.227 e. The number of amides is 2. The number of nitrogens with two attached hydrogens (primary N) is 1. The average Bonchev–Trinajstić information content (AvgIpc) is 2.49. The van der Waals surface area contributed by atoms with Gasteiger partial charge in [-0.15, -0.1) is 12.4 Å². The van der Waals surface area contributed by atoms with Gasteiger partial charge in [-0.1, -0.05) is 20.8 Å². The maximum atomic E-state index is 12.8. The summed E-state index contributed by atoms with van der Waals surface area (Å²) in [4.78, 5) is 28.8. The third-order valence-electron chi connectivity index (χ3n) is 5.21. The van der Waals surface area contributed by atoms with Gasteiger partial charge in [-0.3, -0.25) is 9.59 Å². The molecule has 2 rings (SSSR count). The van der Waals surface area contributed by atoms with Crippen molar-refractivity contribution in [2.75, 3.05) is 26.2 Å². The number of likely N-dealkylation sites (tertiary alicyclic amines) is 2. The summed E-state index contributed by atoms with van der Waals surface area (Å²) in [6, 6.07) is 0.158.